The first kappa shape index (κ1) is 21.3. The molecule has 152 valence electrons. The number of hydrogen-bond donors (Lipinski definition) is 3. The van der Waals surface area contributed by atoms with E-state index in [-0.39, 0.29) is 6.54 Å². The number of halogens is 3. The Morgan fingerprint density at radius 2 is 1.89 bits per heavy atom. The number of aliphatic imine (C=N–C) groups is 1. The highest BCUT2D eigenvalue weighted by atomic mass is 19.2. The first-order chi connectivity index (χ1) is 13.4. The van der Waals surface area contributed by atoms with Crippen molar-refractivity contribution >= 4 is 17.6 Å². The summed E-state index contributed by atoms with van der Waals surface area (Å²) in [5, 5.41) is 12.0. The molecule has 1 amide bonds. The second-order valence-corrected chi connectivity index (χ2v) is 5.79. The molecule has 2 rings (SSSR count). The number of rotatable bonds is 7. The van der Waals surface area contributed by atoms with Crippen LogP contribution >= 0.6 is 0 Å². The molecule has 2 aromatic rings. The molecular formula is C18H22F3N5O2. The van der Waals surface area contributed by atoms with E-state index in [1.54, 1.807) is 0 Å². The zero-order chi connectivity index (χ0) is 20.7. The van der Waals surface area contributed by atoms with Gasteiger partial charge in [-0.3, -0.25) is 9.79 Å². The Balaban J connectivity index is 1.91. The number of amides is 1. The molecule has 0 saturated carbocycles. The minimum absolute atomic E-state index is 0.261. The summed E-state index contributed by atoms with van der Waals surface area (Å²) in [6.07, 6.45) is 1.41. The smallest absolute Gasteiger partial charge is 0.243 e. The van der Waals surface area contributed by atoms with Crippen molar-refractivity contribution < 1.29 is 22.5 Å². The van der Waals surface area contributed by atoms with Crippen LogP contribution in [0.1, 0.15) is 30.9 Å². The van der Waals surface area contributed by atoms with E-state index in [4.69, 9.17) is 4.52 Å². The molecule has 0 radical (unpaired) electrons. The van der Waals surface area contributed by atoms with E-state index in [0.717, 1.165) is 35.6 Å². The topological polar surface area (TPSA) is 91.6 Å². The number of guanidine groups is 1. The third kappa shape index (κ3) is 5.02. The van der Waals surface area contributed by atoms with Gasteiger partial charge in [-0.15, -0.1) is 0 Å². The first-order valence-electron chi connectivity index (χ1n) is 8.75. The number of carbonyl (C=O) groups excluding carboxylic acids is 1. The van der Waals surface area contributed by atoms with Crippen molar-refractivity contribution in [3.8, 4) is 0 Å². The number of carbonyl (C=O) groups is 1. The Bertz CT molecular complexity index is 846. The molecule has 0 aliphatic carbocycles. The molecule has 1 aromatic heterocycles. The molecule has 7 nitrogen and oxygen atoms in total. The molecule has 0 spiro atoms. The van der Waals surface area contributed by atoms with Crippen molar-refractivity contribution in [2.75, 3.05) is 18.9 Å². The molecule has 0 fully saturated rings. The van der Waals surface area contributed by atoms with Crippen molar-refractivity contribution in [2.24, 2.45) is 4.99 Å². The minimum atomic E-state index is -1.64. The lowest BCUT2D eigenvalue weighted by atomic mass is 10.1. The average molecular weight is 397 g/mol. The van der Waals surface area contributed by atoms with Gasteiger partial charge in [0, 0.05) is 25.6 Å². The van der Waals surface area contributed by atoms with Crippen LogP contribution in [-0.4, -0.2) is 30.6 Å². The van der Waals surface area contributed by atoms with Crippen LogP contribution in [0.25, 0.3) is 0 Å². The second-order valence-electron chi connectivity index (χ2n) is 5.79. The van der Waals surface area contributed by atoms with Gasteiger partial charge in [0.2, 0.25) is 5.91 Å². The number of anilines is 1. The van der Waals surface area contributed by atoms with E-state index in [1.807, 2.05) is 13.8 Å². The van der Waals surface area contributed by atoms with Crippen LogP contribution in [-0.2, 0) is 24.2 Å². The molecule has 1 aromatic carbocycles. The molecule has 0 aliphatic heterocycles. The second kappa shape index (κ2) is 9.77. The first-order valence-corrected chi connectivity index (χ1v) is 8.75. The number of hydrogen-bond acceptors (Lipinski definition) is 4. The molecular weight excluding hydrogens is 375 g/mol. The maximum absolute atomic E-state index is 13.6. The third-order valence-electron chi connectivity index (χ3n) is 3.99. The Morgan fingerprint density at radius 1 is 1.14 bits per heavy atom. The average Bonchev–Trinajstić information content (AvgIpc) is 3.10. The Morgan fingerprint density at radius 3 is 2.54 bits per heavy atom. The molecule has 1 heterocycles. The summed E-state index contributed by atoms with van der Waals surface area (Å²) in [5.74, 6) is -3.98. The van der Waals surface area contributed by atoms with Gasteiger partial charge < -0.3 is 20.5 Å². The standard InChI is InChI=1S/C18H22F3N5O2/c1-4-12-10(14(5-2)28-26-12)8-23-18(22-3)24-9-15(27)25-13-7-6-11(19)16(20)17(13)21/h6-7H,4-5,8-9H2,1-3H3,(H,25,27)(H2,22,23,24). The number of nitrogens with zero attached hydrogens (tertiary/aromatic N) is 2. The quantitative estimate of drug-likeness (QED) is 0.379. The molecule has 0 bridgehead atoms. The molecule has 28 heavy (non-hydrogen) atoms. The summed E-state index contributed by atoms with van der Waals surface area (Å²) < 4.78 is 45.0. The lowest BCUT2D eigenvalue weighted by Crippen LogP contribution is -2.41. The van der Waals surface area contributed by atoms with E-state index in [9.17, 15) is 18.0 Å². The molecule has 0 saturated heterocycles. The molecule has 0 unspecified atom stereocenters. The molecule has 10 heteroatoms. The predicted molar refractivity (Wildman–Crippen MR) is 98.4 cm³/mol. The van der Waals surface area contributed by atoms with Crippen LogP contribution in [0.2, 0.25) is 0 Å². The summed E-state index contributed by atoms with van der Waals surface area (Å²) >= 11 is 0. The van der Waals surface area contributed by atoms with Gasteiger partial charge in [-0.1, -0.05) is 19.0 Å². The van der Waals surface area contributed by atoms with Crippen molar-refractivity contribution in [3.05, 3.63) is 46.6 Å². The maximum atomic E-state index is 13.6. The van der Waals surface area contributed by atoms with Crippen LogP contribution in [0, 0.1) is 17.5 Å². The SMILES string of the molecule is CCc1noc(CC)c1CNC(=NC)NCC(=O)Nc1ccc(F)c(F)c1F. The molecule has 3 N–H and O–H groups in total. The highest BCUT2D eigenvalue weighted by molar-refractivity contribution is 5.95. The number of nitrogens with one attached hydrogen (secondary N) is 3. The van der Waals surface area contributed by atoms with Crippen LogP contribution < -0.4 is 16.0 Å². The fourth-order valence-electron chi connectivity index (χ4n) is 2.51. The van der Waals surface area contributed by atoms with Crippen LogP contribution in [0.3, 0.4) is 0 Å². The zero-order valence-corrected chi connectivity index (χ0v) is 15.8. The summed E-state index contributed by atoms with van der Waals surface area (Å²) in [6.45, 7) is 4.06. The molecule has 0 aliphatic rings. The lowest BCUT2D eigenvalue weighted by Gasteiger charge is -2.12. The van der Waals surface area contributed by atoms with Gasteiger partial charge in [0.15, 0.2) is 23.4 Å². The Kier molecular flexibility index (Phi) is 7.42. The van der Waals surface area contributed by atoms with Crippen molar-refractivity contribution in [1.29, 1.82) is 0 Å². The summed E-state index contributed by atoms with van der Waals surface area (Å²) in [5.41, 5.74) is 1.32. The summed E-state index contributed by atoms with van der Waals surface area (Å²) in [4.78, 5) is 16.0. The minimum Gasteiger partial charge on any atom is -0.361 e. The normalized spacial score (nSPS) is 11.4. The lowest BCUT2D eigenvalue weighted by molar-refractivity contribution is -0.115. The van der Waals surface area contributed by atoms with Gasteiger partial charge in [-0.25, -0.2) is 13.2 Å². The van der Waals surface area contributed by atoms with Crippen molar-refractivity contribution in [1.82, 2.24) is 15.8 Å². The van der Waals surface area contributed by atoms with Gasteiger partial charge in [-0.05, 0) is 18.6 Å². The van der Waals surface area contributed by atoms with Gasteiger partial charge >= 0.3 is 0 Å². The number of aryl methyl sites for hydroxylation is 2. The van der Waals surface area contributed by atoms with Crippen LogP contribution in [0.15, 0.2) is 21.6 Å². The van der Waals surface area contributed by atoms with Crippen LogP contribution in [0.5, 0.6) is 0 Å². The van der Waals surface area contributed by atoms with E-state index in [1.165, 1.54) is 7.05 Å². The molecule has 0 atom stereocenters. The third-order valence-corrected chi connectivity index (χ3v) is 3.99. The van der Waals surface area contributed by atoms with Crippen molar-refractivity contribution in [3.63, 3.8) is 0 Å². The fraction of sp³-hybridized carbons (Fsp3) is 0.389. The highest BCUT2D eigenvalue weighted by Crippen LogP contribution is 2.19. The number of benzene rings is 1. The van der Waals surface area contributed by atoms with Crippen LogP contribution in [0.4, 0.5) is 18.9 Å². The van der Waals surface area contributed by atoms with E-state index < -0.39 is 29.0 Å². The van der Waals surface area contributed by atoms with E-state index in [0.29, 0.717) is 18.9 Å². The van der Waals surface area contributed by atoms with Crippen molar-refractivity contribution in [2.45, 2.75) is 33.2 Å². The predicted octanol–water partition coefficient (Wildman–Crippen LogP) is 2.52. The zero-order valence-electron chi connectivity index (χ0n) is 15.8. The Hall–Kier alpha value is -3.04. The maximum Gasteiger partial charge on any atom is 0.243 e. The van der Waals surface area contributed by atoms with E-state index >= 15 is 0 Å². The summed E-state index contributed by atoms with van der Waals surface area (Å²) in [6, 6.07) is 1.68. The highest BCUT2D eigenvalue weighted by Gasteiger charge is 2.16. The largest absolute Gasteiger partial charge is 0.361 e. The number of aromatic nitrogens is 1. The van der Waals surface area contributed by atoms with Gasteiger partial charge in [-0.2, -0.15) is 0 Å². The monoisotopic (exact) mass is 397 g/mol. The summed E-state index contributed by atoms with van der Waals surface area (Å²) in [7, 11) is 1.53. The van der Waals surface area contributed by atoms with Gasteiger partial charge in [0.25, 0.3) is 0 Å². The fourth-order valence-corrected chi connectivity index (χ4v) is 2.51. The van der Waals surface area contributed by atoms with Gasteiger partial charge in [0.05, 0.1) is 17.9 Å². The van der Waals surface area contributed by atoms with E-state index in [2.05, 4.69) is 26.1 Å². The Labute approximate surface area is 160 Å². The van der Waals surface area contributed by atoms with Gasteiger partial charge in [0.1, 0.15) is 5.76 Å².